The summed E-state index contributed by atoms with van der Waals surface area (Å²) in [6.45, 7) is 1.28. The smallest absolute Gasteiger partial charge is 0.245 e. The average Bonchev–Trinajstić information content (AvgIpc) is 3.65. The quantitative estimate of drug-likeness (QED) is 0.428. The summed E-state index contributed by atoms with van der Waals surface area (Å²) < 4.78 is 38.1. The minimum Gasteiger partial charge on any atom is -0.356 e. The molecule has 3 N–H and O–H groups in total. The number of carbonyl (C=O) groups excluding carboxylic acids is 2. The summed E-state index contributed by atoms with van der Waals surface area (Å²) in [5.41, 5.74) is 1.78. The Balaban J connectivity index is 1.42. The SMILES string of the molecule is O=C(NCCc1cnc[nH]1)[C@@H]1C[C@H]2C(=O)NCCCCCCN(S(=O)(=O)c3cccc4nsnc34)[C@H]2C1. The molecule has 1 aliphatic carbocycles. The third kappa shape index (κ3) is 5.53. The Kier molecular flexibility index (Phi) is 7.81. The van der Waals surface area contributed by atoms with E-state index in [1.54, 1.807) is 30.7 Å². The monoisotopic (exact) mass is 545 g/mol. The zero-order valence-corrected chi connectivity index (χ0v) is 22.1. The van der Waals surface area contributed by atoms with Gasteiger partial charge in [0.05, 0.1) is 24.0 Å². The van der Waals surface area contributed by atoms with Crippen LogP contribution in [0.3, 0.4) is 0 Å². The Morgan fingerprint density at radius 3 is 2.86 bits per heavy atom. The first kappa shape index (κ1) is 25.7. The summed E-state index contributed by atoms with van der Waals surface area (Å²) in [5, 5.41) is 5.94. The first-order valence-electron chi connectivity index (χ1n) is 12.7. The van der Waals surface area contributed by atoms with Crippen LogP contribution >= 0.6 is 11.7 Å². The maximum Gasteiger partial charge on any atom is 0.245 e. The highest BCUT2D eigenvalue weighted by molar-refractivity contribution is 7.89. The summed E-state index contributed by atoms with van der Waals surface area (Å²) in [6.07, 6.45) is 7.81. The highest BCUT2D eigenvalue weighted by atomic mass is 32.2. The molecule has 1 aromatic carbocycles. The van der Waals surface area contributed by atoms with Gasteiger partial charge in [0.1, 0.15) is 15.9 Å². The number of carbonyl (C=O) groups is 2. The molecule has 13 heteroatoms. The Hall–Kier alpha value is -2.90. The van der Waals surface area contributed by atoms with Crippen LogP contribution in [0.25, 0.3) is 11.0 Å². The summed E-state index contributed by atoms with van der Waals surface area (Å²) in [4.78, 5) is 33.4. The number of imidazole rings is 1. The van der Waals surface area contributed by atoms with Gasteiger partial charge in [0.2, 0.25) is 21.8 Å². The van der Waals surface area contributed by atoms with E-state index >= 15 is 0 Å². The van der Waals surface area contributed by atoms with Crippen LogP contribution in [0.15, 0.2) is 35.6 Å². The average molecular weight is 546 g/mol. The van der Waals surface area contributed by atoms with Crippen molar-refractivity contribution in [1.82, 2.24) is 33.7 Å². The van der Waals surface area contributed by atoms with Gasteiger partial charge in [0, 0.05) is 49.9 Å². The van der Waals surface area contributed by atoms with E-state index < -0.39 is 27.9 Å². The standard InChI is InChI=1S/C24H31N7O4S2/c32-23(27-10-8-17-14-25-15-28-17)16-12-18-20(13-16)31(11-4-2-1-3-9-26-24(18)33)37(34,35)21-7-5-6-19-22(21)30-36-29-19/h5-7,14-16,18,20H,1-4,8-13H2,(H,25,28)(H,26,33)(H,27,32)/t16-,18-,20+/m1/s1. The number of amides is 2. The van der Waals surface area contributed by atoms with E-state index in [0.717, 1.165) is 36.7 Å². The molecule has 1 saturated heterocycles. The zero-order valence-electron chi connectivity index (χ0n) is 20.4. The van der Waals surface area contributed by atoms with Crippen LogP contribution in [-0.4, -0.2) is 68.9 Å². The van der Waals surface area contributed by atoms with Crippen molar-refractivity contribution in [2.75, 3.05) is 19.6 Å². The number of aromatic nitrogens is 4. The maximum absolute atomic E-state index is 14.1. The third-order valence-corrected chi connectivity index (χ3v) is 9.79. The van der Waals surface area contributed by atoms with Gasteiger partial charge in [0.15, 0.2) is 0 Å². The Morgan fingerprint density at radius 1 is 1.16 bits per heavy atom. The Morgan fingerprint density at radius 2 is 2.03 bits per heavy atom. The number of hydrogen-bond acceptors (Lipinski definition) is 8. The molecule has 2 aromatic heterocycles. The van der Waals surface area contributed by atoms with Crippen molar-refractivity contribution in [3.8, 4) is 0 Å². The molecule has 0 unspecified atom stereocenters. The van der Waals surface area contributed by atoms with E-state index in [0.29, 0.717) is 56.4 Å². The molecule has 3 heterocycles. The number of rotatable bonds is 6. The minimum absolute atomic E-state index is 0.0974. The second-order valence-corrected chi connectivity index (χ2v) is 12.1. The van der Waals surface area contributed by atoms with Crippen LogP contribution in [0.1, 0.15) is 44.2 Å². The summed E-state index contributed by atoms with van der Waals surface area (Å²) in [5.74, 6) is -1.41. The summed E-state index contributed by atoms with van der Waals surface area (Å²) in [7, 11) is -4.00. The molecular formula is C24H31N7O4S2. The van der Waals surface area contributed by atoms with Gasteiger partial charge in [-0.25, -0.2) is 13.4 Å². The van der Waals surface area contributed by atoms with Crippen molar-refractivity contribution in [3.63, 3.8) is 0 Å². The van der Waals surface area contributed by atoms with Crippen LogP contribution < -0.4 is 10.6 Å². The molecule has 1 aliphatic heterocycles. The molecule has 2 amide bonds. The van der Waals surface area contributed by atoms with Crippen LogP contribution in [-0.2, 0) is 26.0 Å². The fraction of sp³-hybridized carbons (Fsp3) is 0.542. The van der Waals surface area contributed by atoms with Crippen molar-refractivity contribution in [2.45, 2.75) is 55.9 Å². The highest BCUT2D eigenvalue weighted by Gasteiger charge is 2.48. The number of fused-ring (bicyclic) bond motifs is 2. The number of nitrogens with one attached hydrogen (secondary N) is 3. The number of hydrogen-bond donors (Lipinski definition) is 3. The number of sulfonamides is 1. The normalized spacial score (nSPS) is 23.8. The molecule has 1 saturated carbocycles. The number of nitrogens with zero attached hydrogens (tertiary/aromatic N) is 4. The highest BCUT2D eigenvalue weighted by Crippen LogP contribution is 2.39. The van der Waals surface area contributed by atoms with Gasteiger partial charge in [-0.15, -0.1) is 0 Å². The van der Waals surface area contributed by atoms with E-state index in [4.69, 9.17) is 0 Å². The van der Waals surface area contributed by atoms with Crippen LogP contribution in [0.5, 0.6) is 0 Å². The molecule has 37 heavy (non-hydrogen) atoms. The van der Waals surface area contributed by atoms with Crippen LogP contribution in [0.4, 0.5) is 0 Å². The van der Waals surface area contributed by atoms with Gasteiger partial charge >= 0.3 is 0 Å². The molecule has 5 rings (SSSR count). The maximum atomic E-state index is 14.1. The molecule has 2 aliphatic rings. The van der Waals surface area contributed by atoms with Crippen LogP contribution in [0.2, 0.25) is 0 Å². The molecule has 2 fully saturated rings. The van der Waals surface area contributed by atoms with E-state index in [2.05, 4.69) is 29.3 Å². The third-order valence-electron chi connectivity index (χ3n) is 7.29. The van der Waals surface area contributed by atoms with E-state index in [1.807, 2.05) is 0 Å². The first-order chi connectivity index (χ1) is 17.9. The van der Waals surface area contributed by atoms with Gasteiger partial charge in [-0.3, -0.25) is 9.59 Å². The van der Waals surface area contributed by atoms with Crippen LogP contribution in [0, 0.1) is 11.8 Å². The second-order valence-electron chi connectivity index (χ2n) is 9.67. The summed E-state index contributed by atoms with van der Waals surface area (Å²) >= 11 is 0.971. The molecule has 11 nitrogen and oxygen atoms in total. The molecule has 0 radical (unpaired) electrons. The number of H-pyrrole nitrogens is 1. The molecule has 198 valence electrons. The topological polar surface area (TPSA) is 150 Å². The van der Waals surface area contributed by atoms with Crippen molar-refractivity contribution >= 4 is 44.6 Å². The first-order valence-corrected chi connectivity index (χ1v) is 14.9. The predicted molar refractivity (Wildman–Crippen MR) is 138 cm³/mol. The van der Waals surface area contributed by atoms with Gasteiger partial charge in [-0.2, -0.15) is 13.1 Å². The summed E-state index contributed by atoms with van der Waals surface area (Å²) in [6, 6.07) is 4.33. The fourth-order valence-electron chi connectivity index (χ4n) is 5.38. The molecule has 3 aromatic rings. The van der Waals surface area contributed by atoms with Gasteiger partial charge in [0.25, 0.3) is 0 Å². The molecule has 0 spiro atoms. The lowest BCUT2D eigenvalue weighted by Crippen LogP contribution is -2.47. The lowest BCUT2D eigenvalue weighted by atomic mass is 10.0. The number of benzene rings is 1. The molecular weight excluding hydrogens is 514 g/mol. The van der Waals surface area contributed by atoms with Crippen molar-refractivity contribution < 1.29 is 18.0 Å². The second kappa shape index (κ2) is 11.2. The number of aromatic amines is 1. The molecule has 0 bridgehead atoms. The van der Waals surface area contributed by atoms with Crippen molar-refractivity contribution in [1.29, 1.82) is 0 Å². The largest absolute Gasteiger partial charge is 0.356 e. The zero-order chi connectivity index (χ0) is 25.8. The van der Waals surface area contributed by atoms with Crippen molar-refractivity contribution in [2.24, 2.45) is 11.8 Å². The molecule has 3 atom stereocenters. The Bertz CT molecular complexity index is 1340. The van der Waals surface area contributed by atoms with Gasteiger partial charge in [-0.05, 0) is 37.8 Å². The van der Waals surface area contributed by atoms with E-state index in [1.165, 1.54) is 4.31 Å². The minimum atomic E-state index is -4.00. The lowest BCUT2D eigenvalue weighted by Gasteiger charge is -2.31. The predicted octanol–water partition coefficient (Wildman–Crippen LogP) is 1.85. The lowest BCUT2D eigenvalue weighted by molar-refractivity contribution is -0.126. The fourth-order valence-corrected chi connectivity index (χ4v) is 7.85. The van der Waals surface area contributed by atoms with E-state index in [9.17, 15) is 18.0 Å². The van der Waals surface area contributed by atoms with E-state index in [-0.39, 0.29) is 16.7 Å². The van der Waals surface area contributed by atoms with Gasteiger partial charge < -0.3 is 15.6 Å². The van der Waals surface area contributed by atoms with Gasteiger partial charge in [-0.1, -0.05) is 18.9 Å². The Labute approximate surface area is 219 Å². The van der Waals surface area contributed by atoms with Crippen molar-refractivity contribution in [3.05, 3.63) is 36.4 Å².